The van der Waals surface area contributed by atoms with Crippen molar-refractivity contribution in [2.75, 3.05) is 0 Å². The van der Waals surface area contributed by atoms with Crippen LogP contribution >= 0.6 is 0 Å². The average molecular weight is 186 g/mol. The van der Waals surface area contributed by atoms with Crippen molar-refractivity contribution < 1.29 is 9.84 Å². The molecule has 2 heteroatoms. The second kappa shape index (κ2) is 5.61. The molecule has 78 valence electrons. The van der Waals surface area contributed by atoms with Crippen molar-refractivity contribution in [3.05, 3.63) is 0 Å². The smallest absolute Gasteiger partial charge is 0.0838 e. The van der Waals surface area contributed by atoms with E-state index in [1.165, 1.54) is 12.8 Å². The van der Waals surface area contributed by atoms with Crippen LogP contribution in [0.5, 0.6) is 0 Å². The predicted octanol–water partition coefficient (Wildman–Crippen LogP) is 2.50. The number of hydrogen-bond acceptors (Lipinski definition) is 2. The molecule has 1 heterocycles. The van der Waals surface area contributed by atoms with E-state index in [9.17, 15) is 5.11 Å². The maximum Gasteiger partial charge on any atom is 0.0838 e. The van der Waals surface area contributed by atoms with Crippen molar-refractivity contribution in [1.82, 2.24) is 0 Å². The zero-order valence-electron chi connectivity index (χ0n) is 8.83. The molecule has 1 N–H and O–H groups in total. The number of unbranched alkanes of at least 4 members (excludes halogenated alkanes) is 2. The fourth-order valence-electron chi connectivity index (χ4n) is 1.91. The first-order chi connectivity index (χ1) is 6.24. The summed E-state index contributed by atoms with van der Waals surface area (Å²) >= 11 is 0. The number of ether oxygens (including phenoxy) is 1. The van der Waals surface area contributed by atoms with Gasteiger partial charge in [-0.1, -0.05) is 26.2 Å². The van der Waals surface area contributed by atoms with Crippen LogP contribution in [0.1, 0.15) is 52.4 Å². The van der Waals surface area contributed by atoms with Crippen molar-refractivity contribution in [3.8, 4) is 0 Å². The van der Waals surface area contributed by atoms with Gasteiger partial charge in [0, 0.05) is 0 Å². The second-order valence-electron chi connectivity index (χ2n) is 4.13. The maximum atomic E-state index is 9.77. The Balaban J connectivity index is 2.12. The van der Waals surface area contributed by atoms with Crippen LogP contribution in [-0.2, 0) is 4.74 Å². The lowest BCUT2D eigenvalue weighted by molar-refractivity contribution is -0.0322. The summed E-state index contributed by atoms with van der Waals surface area (Å²) < 4.78 is 5.60. The van der Waals surface area contributed by atoms with Gasteiger partial charge >= 0.3 is 0 Å². The van der Waals surface area contributed by atoms with E-state index in [1.54, 1.807) is 0 Å². The monoisotopic (exact) mass is 186 g/mol. The SMILES string of the molecule is CCCCC[C@H](O)[C@@H]1CC[C@@H](C)O1. The van der Waals surface area contributed by atoms with Gasteiger partial charge in [-0.2, -0.15) is 0 Å². The van der Waals surface area contributed by atoms with Gasteiger partial charge in [-0.05, 0) is 26.2 Å². The van der Waals surface area contributed by atoms with Gasteiger partial charge in [0.25, 0.3) is 0 Å². The van der Waals surface area contributed by atoms with Gasteiger partial charge in [0.15, 0.2) is 0 Å². The van der Waals surface area contributed by atoms with E-state index in [1.807, 2.05) is 0 Å². The molecule has 0 aliphatic carbocycles. The summed E-state index contributed by atoms with van der Waals surface area (Å²) in [6.07, 6.45) is 6.86. The lowest BCUT2D eigenvalue weighted by Gasteiger charge is -2.17. The van der Waals surface area contributed by atoms with Crippen molar-refractivity contribution in [2.24, 2.45) is 0 Å². The Kier molecular flexibility index (Phi) is 4.74. The lowest BCUT2D eigenvalue weighted by atomic mass is 10.0. The summed E-state index contributed by atoms with van der Waals surface area (Å²) in [5.74, 6) is 0. The average Bonchev–Trinajstić information content (AvgIpc) is 2.52. The van der Waals surface area contributed by atoms with Gasteiger partial charge in [-0.25, -0.2) is 0 Å². The summed E-state index contributed by atoms with van der Waals surface area (Å²) in [7, 11) is 0. The van der Waals surface area contributed by atoms with E-state index < -0.39 is 0 Å². The molecule has 2 nitrogen and oxygen atoms in total. The molecule has 0 bridgehead atoms. The molecule has 0 unspecified atom stereocenters. The molecule has 0 spiro atoms. The highest BCUT2D eigenvalue weighted by Crippen LogP contribution is 2.23. The summed E-state index contributed by atoms with van der Waals surface area (Å²) in [4.78, 5) is 0. The van der Waals surface area contributed by atoms with Crippen LogP contribution in [0.15, 0.2) is 0 Å². The molecule has 0 aromatic rings. The van der Waals surface area contributed by atoms with Crippen LogP contribution in [0.2, 0.25) is 0 Å². The highest BCUT2D eigenvalue weighted by atomic mass is 16.5. The molecule has 0 radical (unpaired) electrons. The normalized spacial score (nSPS) is 30.7. The van der Waals surface area contributed by atoms with Crippen LogP contribution in [0.25, 0.3) is 0 Å². The van der Waals surface area contributed by atoms with Crippen LogP contribution < -0.4 is 0 Å². The second-order valence-corrected chi connectivity index (χ2v) is 4.13. The van der Waals surface area contributed by atoms with Gasteiger partial charge in [-0.3, -0.25) is 0 Å². The molecule has 0 saturated carbocycles. The molecule has 0 aromatic carbocycles. The van der Waals surface area contributed by atoms with E-state index in [4.69, 9.17) is 4.74 Å². The zero-order valence-corrected chi connectivity index (χ0v) is 8.83. The van der Waals surface area contributed by atoms with E-state index >= 15 is 0 Å². The Labute approximate surface area is 81.3 Å². The minimum Gasteiger partial charge on any atom is -0.390 e. The van der Waals surface area contributed by atoms with Gasteiger partial charge in [-0.15, -0.1) is 0 Å². The van der Waals surface area contributed by atoms with Crippen molar-refractivity contribution in [1.29, 1.82) is 0 Å². The Hall–Kier alpha value is -0.0800. The van der Waals surface area contributed by atoms with E-state index in [0.717, 1.165) is 25.7 Å². The summed E-state index contributed by atoms with van der Waals surface area (Å²) in [6, 6.07) is 0. The Morgan fingerprint density at radius 2 is 2.15 bits per heavy atom. The van der Waals surface area contributed by atoms with Crippen LogP contribution in [0.3, 0.4) is 0 Å². The maximum absolute atomic E-state index is 9.77. The quantitative estimate of drug-likeness (QED) is 0.668. The van der Waals surface area contributed by atoms with E-state index in [2.05, 4.69) is 13.8 Å². The molecule has 0 aromatic heterocycles. The highest BCUT2D eigenvalue weighted by Gasteiger charge is 2.27. The molecule has 1 aliphatic heterocycles. The molecule has 13 heavy (non-hydrogen) atoms. The third-order valence-corrected chi connectivity index (χ3v) is 2.80. The molecule has 1 aliphatic rings. The van der Waals surface area contributed by atoms with Crippen LogP contribution in [0.4, 0.5) is 0 Å². The Morgan fingerprint density at radius 3 is 2.69 bits per heavy atom. The van der Waals surface area contributed by atoms with E-state index in [-0.39, 0.29) is 12.2 Å². The third-order valence-electron chi connectivity index (χ3n) is 2.80. The number of rotatable bonds is 5. The molecule has 0 amide bonds. The number of hydrogen-bond donors (Lipinski definition) is 1. The molecule has 1 saturated heterocycles. The van der Waals surface area contributed by atoms with Crippen LogP contribution in [0, 0.1) is 0 Å². The minimum absolute atomic E-state index is 0.117. The summed E-state index contributed by atoms with van der Waals surface area (Å²) in [6.45, 7) is 4.26. The first-order valence-corrected chi connectivity index (χ1v) is 5.57. The fourth-order valence-corrected chi connectivity index (χ4v) is 1.91. The molecule has 1 fully saturated rings. The van der Waals surface area contributed by atoms with Crippen molar-refractivity contribution in [3.63, 3.8) is 0 Å². The third kappa shape index (κ3) is 3.65. The zero-order chi connectivity index (χ0) is 9.68. The molecule has 1 rings (SSSR count). The largest absolute Gasteiger partial charge is 0.390 e. The van der Waals surface area contributed by atoms with Crippen molar-refractivity contribution in [2.45, 2.75) is 70.7 Å². The van der Waals surface area contributed by atoms with Crippen molar-refractivity contribution >= 4 is 0 Å². The topological polar surface area (TPSA) is 29.5 Å². The number of aliphatic hydroxyl groups is 1. The van der Waals surface area contributed by atoms with Gasteiger partial charge in [0.2, 0.25) is 0 Å². The van der Waals surface area contributed by atoms with Gasteiger partial charge < -0.3 is 9.84 Å². The van der Waals surface area contributed by atoms with Crippen LogP contribution in [-0.4, -0.2) is 23.4 Å². The summed E-state index contributed by atoms with van der Waals surface area (Å²) in [5.41, 5.74) is 0. The summed E-state index contributed by atoms with van der Waals surface area (Å²) in [5, 5.41) is 9.77. The van der Waals surface area contributed by atoms with Gasteiger partial charge in [0.1, 0.15) is 0 Å². The lowest BCUT2D eigenvalue weighted by Crippen LogP contribution is -2.25. The Morgan fingerprint density at radius 1 is 1.38 bits per heavy atom. The molecular weight excluding hydrogens is 164 g/mol. The molecule has 3 atom stereocenters. The highest BCUT2D eigenvalue weighted by molar-refractivity contribution is 4.77. The van der Waals surface area contributed by atoms with E-state index in [0.29, 0.717) is 6.10 Å². The number of aliphatic hydroxyl groups excluding tert-OH is 1. The van der Waals surface area contributed by atoms with Gasteiger partial charge in [0.05, 0.1) is 18.3 Å². The Bertz CT molecular complexity index is 136. The predicted molar refractivity (Wildman–Crippen MR) is 53.7 cm³/mol. The molecular formula is C11H22O2. The first-order valence-electron chi connectivity index (χ1n) is 5.57. The minimum atomic E-state index is -0.225. The fraction of sp³-hybridized carbons (Fsp3) is 1.00. The first kappa shape index (κ1) is 11.0. The standard InChI is InChI=1S/C11H22O2/c1-3-4-5-6-10(12)11-8-7-9(2)13-11/h9-12H,3-8H2,1-2H3/t9-,10+,11+/m1/s1.